The zero-order chi connectivity index (χ0) is 14.3. The van der Waals surface area contributed by atoms with E-state index in [2.05, 4.69) is 11.4 Å². The van der Waals surface area contributed by atoms with Gasteiger partial charge in [0.2, 0.25) is 0 Å². The lowest BCUT2D eigenvalue weighted by Crippen LogP contribution is -2.22. The maximum atomic E-state index is 11.3. The van der Waals surface area contributed by atoms with Crippen LogP contribution in [-0.2, 0) is 9.84 Å². The third kappa shape index (κ3) is 5.41. The van der Waals surface area contributed by atoms with Crippen molar-refractivity contribution in [3.63, 3.8) is 0 Å². The summed E-state index contributed by atoms with van der Waals surface area (Å²) < 4.78 is 22.7. The van der Waals surface area contributed by atoms with Crippen LogP contribution in [-0.4, -0.2) is 26.5 Å². The van der Waals surface area contributed by atoms with Gasteiger partial charge in [0.25, 0.3) is 0 Å². The van der Waals surface area contributed by atoms with E-state index in [1.807, 2.05) is 19.1 Å². The Morgan fingerprint density at radius 2 is 1.95 bits per heavy atom. The standard InChI is InChI=1S/C14H20N2O2S/c1-3-19(17,18)10-4-9-16-12(2)14-7-5-13(11-15)6-8-14/h5-8,12,16H,3-4,9-10H2,1-2H3. The van der Waals surface area contributed by atoms with Gasteiger partial charge in [-0.15, -0.1) is 0 Å². The van der Waals surface area contributed by atoms with Crippen LogP contribution < -0.4 is 5.32 Å². The molecule has 0 radical (unpaired) electrons. The van der Waals surface area contributed by atoms with Gasteiger partial charge in [0, 0.05) is 11.8 Å². The molecule has 104 valence electrons. The molecule has 1 atom stereocenters. The Hall–Kier alpha value is -1.38. The predicted molar refractivity (Wildman–Crippen MR) is 76.5 cm³/mol. The number of nitriles is 1. The lowest BCUT2D eigenvalue weighted by Gasteiger charge is -2.14. The summed E-state index contributed by atoms with van der Waals surface area (Å²) in [6.45, 7) is 4.36. The highest BCUT2D eigenvalue weighted by Gasteiger charge is 2.08. The van der Waals surface area contributed by atoms with E-state index in [0.717, 1.165) is 5.56 Å². The van der Waals surface area contributed by atoms with Crippen LogP contribution in [0, 0.1) is 11.3 Å². The first-order valence-electron chi connectivity index (χ1n) is 6.42. The van der Waals surface area contributed by atoms with Crippen LogP contribution in [0.4, 0.5) is 0 Å². The number of hydrogen-bond donors (Lipinski definition) is 1. The van der Waals surface area contributed by atoms with Crippen LogP contribution in [0.25, 0.3) is 0 Å². The van der Waals surface area contributed by atoms with Crippen molar-refractivity contribution in [1.82, 2.24) is 5.32 Å². The molecule has 0 spiro atoms. The van der Waals surface area contributed by atoms with Crippen molar-refractivity contribution in [2.45, 2.75) is 26.3 Å². The first kappa shape index (κ1) is 15.7. The largest absolute Gasteiger partial charge is 0.310 e. The minimum atomic E-state index is -2.87. The molecule has 4 nitrogen and oxygen atoms in total. The third-order valence-corrected chi connectivity index (χ3v) is 4.85. The fourth-order valence-electron chi connectivity index (χ4n) is 1.72. The Morgan fingerprint density at radius 3 is 2.47 bits per heavy atom. The Morgan fingerprint density at radius 1 is 1.32 bits per heavy atom. The molecule has 1 aromatic rings. The second-order valence-corrected chi connectivity index (χ2v) is 6.97. The van der Waals surface area contributed by atoms with E-state index in [1.54, 1.807) is 19.1 Å². The van der Waals surface area contributed by atoms with Gasteiger partial charge in [0.15, 0.2) is 0 Å². The molecule has 5 heteroatoms. The summed E-state index contributed by atoms with van der Waals surface area (Å²) in [6, 6.07) is 9.64. The molecule has 0 aromatic heterocycles. The highest BCUT2D eigenvalue weighted by atomic mass is 32.2. The zero-order valence-corrected chi connectivity index (χ0v) is 12.2. The van der Waals surface area contributed by atoms with Crippen molar-refractivity contribution in [3.05, 3.63) is 35.4 Å². The SMILES string of the molecule is CCS(=O)(=O)CCCNC(C)c1ccc(C#N)cc1. The van der Waals surface area contributed by atoms with Crippen LogP contribution in [0.2, 0.25) is 0 Å². The maximum absolute atomic E-state index is 11.3. The van der Waals surface area contributed by atoms with Crippen LogP contribution in [0.3, 0.4) is 0 Å². The lowest BCUT2D eigenvalue weighted by molar-refractivity contribution is 0.560. The summed E-state index contributed by atoms with van der Waals surface area (Å²) >= 11 is 0. The summed E-state index contributed by atoms with van der Waals surface area (Å²) in [5, 5.41) is 12.0. The second kappa shape index (κ2) is 7.27. The second-order valence-electron chi connectivity index (χ2n) is 4.50. The average molecular weight is 280 g/mol. The lowest BCUT2D eigenvalue weighted by atomic mass is 10.1. The smallest absolute Gasteiger partial charge is 0.150 e. The topological polar surface area (TPSA) is 70.0 Å². The average Bonchev–Trinajstić information content (AvgIpc) is 2.43. The van der Waals surface area contributed by atoms with Crippen LogP contribution in [0.15, 0.2) is 24.3 Å². The van der Waals surface area contributed by atoms with E-state index in [9.17, 15) is 8.42 Å². The van der Waals surface area contributed by atoms with Crippen molar-refractivity contribution < 1.29 is 8.42 Å². The van der Waals surface area contributed by atoms with Crippen molar-refractivity contribution >= 4 is 9.84 Å². The molecule has 1 aromatic carbocycles. The molecule has 0 bridgehead atoms. The quantitative estimate of drug-likeness (QED) is 0.776. The molecule has 0 amide bonds. The molecule has 1 unspecified atom stereocenters. The Labute approximate surface area is 115 Å². The Kier molecular flexibility index (Phi) is 6.00. The summed E-state index contributed by atoms with van der Waals surface area (Å²) in [6.07, 6.45) is 0.622. The van der Waals surface area contributed by atoms with Crippen molar-refractivity contribution in [1.29, 1.82) is 5.26 Å². The minimum Gasteiger partial charge on any atom is -0.310 e. The highest BCUT2D eigenvalue weighted by molar-refractivity contribution is 7.91. The van der Waals surface area contributed by atoms with Gasteiger partial charge < -0.3 is 5.32 Å². The van der Waals surface area contributed by atoms with Gasteiger partial charge in [-0.1, -0.05) is 19.1 Å². The number of hydrogen-bond acceptors (Lipinski definition) is 4. The Bertz CT molecular complexity index is 530. The van der Waals surface area contributed by atoms with Crippen molar-refractivity contribution in [3.8, 4) is 6.07 Å². The molecule has 1 rings (SSSR count). The van der Waals surface area contributed by atoms with Gasteiger partial charge >= 0.3 is 0 Å². The fourth-order valence-corrected chi connectivity index (χ4v) is 2.59. The van der Waals surface area contributed by atoms with Crippen LogP contribution in [0.1, 0.15) is 37.4 Å². The monoisotopic (exact) mass is 280 g/mol. The number of benzene rings is 1. The molecule has 0 aliphatic rings. The van der Waals surface area contributed by atoms with Crippen molar-refractivity contribution in [2.24, 2.45) is 0 Å². The molecule has 0 aliphatic heterocycles. The van der Waals surface area contributed by atoms with Gasteiger partial charge in [-0.3, -0.25) is 0 Å². The third-order valence-electron chi connectivity index (χ3n) is 3.06. The molecule has 0 saturated carbocycles. The highest BCUT2D eigenvalue weighted by Crippen LogP contribution is 2.12. The van der Waals surface area contributed by atoms with Gasteiger partial charge in [-0.2, -0.15) is 5.26 Å². The molecule has 19 heavy (non-hydrogen) atoms. The summed E-state index contributed by atoms with van der Waals surface area (Å²) in [5.74, 6) is 0.439. The zero-order valence-electron chi connectivity index (χ0n) is 11.4. The molecule has 0 saturated heterocycles. The molecular formula is C14H20N2O2S. The van der Waals surface area contributed by atoms with E-state index in [-0.39, 0.29) is 17.5 Å². The fraction of sp³-hybridized carbons (Fsp3) is 0.500. The van der Waals surface area contributed by atoms with Gasteiger partial charge in [-0.05, 0) is 37.6 Å². The van der Waals surface area contributed by atoms with Crippen LogP contribution in [0.5, 0.6) is 0 Å². The number of rotatable bonds is 7. The molecule has 1 N–H and O–H groups in total. The molecule has 0 aliphatic carbocycles. The van der Waals surface area contributed by atoms with E-state index >= 15 is 0 Å². The first-order valence-corrected chi connectivity index (χ1v) is 8.24. The number of sulfone groups is 1. The minimum absolute atomic E-state index is 0.150. The van der Waals surface area contributed by atoms with E-state index in [1.165, 1.54) is 0 Å². The van der Waals surface area contributed by atoms with Gasteiger partial charge in [-0.25, -0.2) is 8.42 Å². The summed E-state index contributed by atoms with van der Waals surface area (Å²) in [7, 11) is -2.87. The Balaban J connectivity index is 2.39. The molecular weight excluding hydrogens is 260 g/mol. The van der Waals surface area contributed by atoms with Gasteiger partial charge in [0.05, 0.1) is 17.4 Å². The normalized spacial score (nSPS) is 12.9. The van der Waals surface area contributed by atoms with E-state index in [0.29, 0.717) is 18.5 Å². The summed E-state index contributed by atoms with van der Waals surface area (Å²) in [4.78, 5) is 0. The number of nitrogens with zero attached hydrogens (tertiary/aromatic N) is 1. The van der Waals surface area contributed by atoms with E-state index in [4.69, 9.17) is 5.26 Å². The summed E-state index contributed by atoms with van der Waals surface area (Å²) in [5.41, 5.74) is 1.74. The molecule has 0 fully saturated rings. The number of nitrogens with one attached hydrogen (secondary N) is 1. The first-order chi connectivity index (χ1) is 8.98. The van der Waals surface area contributed by atoms with E-state index < -0.39 is 9.84 Å². The maximum Gasteiger partial charge on any atom is 0.150 e. The van der Waals surface area contributed by atoms with Crippen LogP contribution >= 0.6 is 0 Å². The molecule has 0 heterocycles. The van der Waals surface area contributed by atoms with Crippen molar-refractivity contribution in [2.75, 3.05) is 18.1 Å². The predicted octanol–water partition coefficient (Wildman–Crippen LogP) is 2.03. The van der Waals surface area contributed by atoms with Gasteiger partial charge in [0.1, 0.15) is 9.84 Å².